The van der Waals surface area contributed by atoms with Crippen molar-refractivity contribution in [1.29, 1.82) is 0 Å². The summed E-state index contributed by atoms with van der Waals surface area (Å²) in [5, 5.41) is 16.1. The summed E-state index contributed by atoms with van der Waals surface area (Å²) in [7, 11) is 0. The second-order valence-electron chi connectivity index (χ2n) is 20.4. The van der Waals surface area contributed by atoms with Crippen molar-refractivity contribution >= 4 is 29.6 Å². The van der Waals surface area contributed by atoms with E-state index in [1.807, 2.05) is 11.8 Å². The molecule has 20 nitrogen and oxygen atoms in total. The number of carbonyl (C=O) groups is 3. The maximum absolute atomic E-state index is 12.5. The lowest BCUT2D eigenvalue weighted by molar-refractivity contribution is -0.122. The van der Waals surface area contributed by atoms with Gasteiger partial charge in [0.05, 0.1) is 157 Å². The summed E-state index contributed by atoms with van der Waals surface area (Å²) in [6.45, 7) is 11.3. The molecule has 79 heavy (non-hydrogen) atoms. The zero-order valence-corrected chi connectivity index (χ0v) is 47.6. The monoisotopic (exact) mass is 1130 g/mol. The van der Waals surface area contributed by atoms with Gasteiger partial charge >= 0.3 is 6.03 Å². The van der Waals surface area contributed by atoms with E-state index in [0.717, 1.165) is 43.4 Å². The highest BCUT2D eigenvalue weighted by atomic mass is 32.2. The Morgan fingerprint density at radius 1 is 0.557 bits per heavy atom. The van der Waals surface area contributed by atoms with Crippen LogP contribution in [0.2, 0.25) is 0 Å². The average Bonchev–Trinajstić information content (AvgIpc) is 4.15. The maximum atomic E-state index is 12.5. The molecule has 0 unspecified atom stereocenters. The number of urea groups is 1. The molecular weight excluding hydrogens is 1040 g/mol. The molecular formula is C58H94N6O14S. The molecule has 2 aliphatic carbocycles. The predicted octanol–water partition coefficient (Wildman–Crippen LogP) is 4.14. The molecule has 446 valence electrons. The van der Waals surface area contributed by atoms with E-state index in [1.165, 1.54) is 36.0 Å². The van der Waals surface area contributed by atoms with Crippen molar-refractivity contribution in [2.75, 3.05) is 164 Å². The van der Waals surface area contributed by atoms with Crippen molar-refractivity contribution in [3.8, 4) is 11.1 Å². The molecule has 5 atom stereocenters. The van der Waals surface area contributed by atoms with Gasteiger partial charge in [-0.2, -0.15) is 11.8 Å². The van der Waals surface area contributed by atoms with Gasteiger partial charge < -0.3 is 84.4 Å². The van der Waals surface area contributed by atoms with E-state index in [0.29, 0.717) is 207 Å². The third-order valence-corrected chi connectivity index (χ3v) is 15.7. The van der Waals surface area contributed by atoms with Crippen LogP contribution in [-0.4, -0.2) is 217 Å². The second-order valence-corrected chi connectivity index (χ2v) is 21.6. The largest absolute Gasteiger partial charge is 0.377 e. The number of hydrogen-bond donors (Lipinski definition) is 6. The van der Waals surface area contributed by atoms with Gasteiger partial charge in [0.2, 0.25) is 11.8 Å². The van der Waals surface area contributed by atoms with Gasteiger partial charge in [-0.25, -0.2) is 4.79 Å². The Hall–Kier alpha value is -3.52. The normalized spacial score (nSPS) is 21.4. The molecule has 0 radical (unpaired) electrons. The van der Waals surface area contributed by atoms with E-state index in [-0.39, 0.29) is 29.9 Å². The summed E-state index contributed by atoms with van der Waals surface area (Å²) in [6, 6.07) is 19.5. The first-order chi connectivity index (χ1) is 38.9. The number of benzene rings is 2. The van der Waals surface area contributed by atoms with Crippen LogP contribution in [0.3, 0.4) is 0 Å². The van der Waals surface area contributed by atoms with Crippen LogP contribution in [0.15, 0.2) is 48.5 Å². The minimum absolute atomic E-state index is 0.0162. The van der Waals surface area contributed by atoms with Gasteiger partial charge in [0, 0.05) is 61.0 Å². The molecule has 0 spiro atoms. The fraction of sp³-hybridized carbons (Fsp3) is 0.741. The summed E-state index contributed by atoms with van der Waals surface area (Å²) in [6.07, 6.45) is 10.3. The van der Waals surface area contributed by atoms with Crippen LogP contribution >= 0.6 is 11.8 Å². The smallest absolute Gasteiger partial charge is 0.315 e. The van der Waals surface area contributed by atoms with Gasteiger partial charge in [0.1, 0.15) is 0 Å². The Labute approximate surface area is 473 Å². The van der Waals surface area contributed by atoms with Crippen LogP contribution in [0.1, 0.15) is 81.3 Å². The second kappa shape index (κ2) is 40.6. The molecule has 2 heterocycles. The van der Waals surface area contributed by atoms with Crippen LogP contribution in [-0.2, 0) is 68.1 Å². The third kappa shape index (κ3) is 28.3. The highest BCUT2D eigenvalue weighted by Gasteiger charge is 2.42. The van der Waals surface area contributed by atoms with Gasteiger partial charge in [-0.3, -0.25) is 9.59 Å². The van der Waals surface area contributed by atoms with Crippen LogP contribution in [0.4, 0.5) is 4.79 Å². The first-order valence-corrected chi connectivity index (χ1v) is 30.2. The number of thioether (sulfide) groups is 1. The molecule has 4 amide bonds. The molecule has 2 saturated carbocycles. The van der Waals surface area contributed by atoms with Crippen molar-refractivity contribution in [3.63, 3.8) is 0 Å². The predicted molar refractivity (Wildman–Crippen MR) is 304 cm³/mol. The average molecular weight is 1130 g/mol. The molecule has 2 aliphatic heterocycles. The third-order valence-electron chi connectivity index (χ3n) is 14.2. The number of nitrogens with two attached hydrogens (primary N) is 1. The number of nitrogens with one attached hydrogen (secondary N) is 5. The van der Waals surface area contributed by atoms with Gasteiger partial charge in [0.15, 0.2) is 0 Å². The number of hydrogen-bond acceptors (Lipinski definition) is 17. The molecule has 0 bridgehead atoms. The molecule has 2 aromatic rings. The molecule has 21 heteroatoms. The molecule has 4 fully saturated rings. The molecule has 4 aliphatic rings. The Morgan fingerprint density at radius 3 is 1.54 bits per heavy atom. The van der Waals surface area contributed by atoms with E-state index in [2.05, 4.69) is 75.1 Å². The fourth-order valence-corrected chi connectivity index (χ4v) is 11.2. The van der Waals surface area contributed by atoms with Crippen molar-refractivity contribution in [2.24, 2.45) is 5.73 Å². The van der Waals surface area contributed by atoms with Crippen molar-refractivity contribution < 1.29 is 66.5 Å². The summed E-state index contributed by atoms with van der Waals surface area (Å²) < 4.78 is 61.0. The number of ether oxygens (including phenoxy) is 11. The van der Waals surface area contributed by atoms with Gasteiger partial charge in [-0.05, 0) is 73.6 Å². The summed E-state index contributed by atoms with van der Waals surface area (Å²) in [5.41, 5.74) is 11.0. The van der Waals surface area contributed by atoms with Gasteiger partial charge in [0.25, 0.3) is 0 Å². The molecule has 2 saturated heterocycles. The lowest BCUT2D eigenvalue weighted by atomic mass is 9.91. The Bertz CT molecular complexity index is 1940. The van der Waals surface area contributed by atoms with Crippen molar-refractivity contribution in [1.82, 2.24) is 26.6 Å². The minimum Gasteiger partial charge on any atom is -0.377 e. The standard InChI is InChI=1S/C58H94N6O14S/c59-49-13-15-50(16-14-49)62-52-43-51(52)47-11-9-46(10-12-47)48-5-3-4-45(42-48)8-17-56(66)61-19-21-69-23-25-71-27-29-73-31-33-75-35-37-77-39-41-78-40-38-76-36-34-74-32-30-72-28-26-70-24-22-68-20-18-60-55(65)7-2-1-6-54-57-53(44-79-54)63-58(67)64-57/h3-5,9-12,42,49-54,57,62H,1-2,6-8,13-41,43-44,59H2,(H,60,65)(H,61,66)(H2,63,64,67)/t49?,50?,51-,52+,53-,54-,57-/m0/s1. The summed E-state index contributed by atoms with van der Waals surface area (Å²) >= 11 is 1.90. The van der Waals surface area contributed by atoms with Gasteiger partial charge in [-0.15, -0.1) is 0 Å². The fourth-order valence-electron chi connectivity index (χ4n) is 9.70. The number of fused-ring (bicyclic) bond motifs is 1. The van der Waals surface area contributed by atoms with E-state index in [4.69, 9.17) is 57.8 Å². The minimum atomic E-state index is -0.0632. The highest BCUT2D eigenvalue weighted by molar-refractivity contribution is 8.00. The summed E-state index contributed by atoms with van der Waals surface area (Å²) in [4.78, 5) is 36.1. The maximum Gasteiger partial charge on any atom is 0.315 e. The Balaban J connectivity index is 0.581. The van der Waals surface area contributed by atoms with Crippen LogP contribution in [0.5, 0.6) is 0 Å². The number of aryl methyl sites for hydroxylation is 1. The molecule has 0 aromatic heterocycles. The Kier molecular flexibility index (Phi) is 33.3. The van der Waals surface area contributed by atoms with Crippen LogP contribution in [0.25, 0.3) is 11.1 Å². The van der Waals surface area contributed by atoms with E-state index in [1.54, 1.807) is 0 Å². The highest BCUT2D eigenvalue weighted by Crippen LogP contribution is 2.42. The van der Waals surface area contributed by atoms with Crippen LogP contribution < -0.4 is 32.3 Å². The molecule has 7 N–H and O–H groups in total. The number of amides is 4. The summed E-state index contributed by atoms with van der Waals surface area (Å²) in [5.74, 6) is 1.62. The topological polar surface area (TPSA) is 239 Å². The number of carbonyl (C=O) groups excluding carboxylic acids is 3. The quantitative estimate of drug-likeness (QED) is 0.0403. The molecule has 2 aromatic carbocycles. The first-order valence-electron chi connectivity index (χ1n) is 29.2. The Morgan fingerprint density at radius 2 is 1.04 bits per heavy atom. The van der Waals surface area contributed by atoms with E-state index in [9.17, 15) is 14.4 Å². The molecule has 6 rings (SSSR count). The lowest BCUT2D eigenvalue weighted by Crippen LogP contribution is -2.38. The van der Waals surface area contributed by atoms with E-state index < -0.39 is 0 Å². The lowest BCUT2D eigenvalue weighted by Gasteiger charge is -2.27. The number of unbranched alkanes of at least 4 members (excludes halogenated alkanes) is 1. The van der Waals surface area contributed by atoms with Crippen molar-refractivity contribution in [3.05, 3.63) is 59.7 Å². The van der Waals surface area contributed by atoms with Crippen molar-refractivity contribution in [2.45, 2.75) is 112 Å². The zero-order chi connectivity index (χ0) is 55.2. The number of rotatable bonds is 48. The van der Waals surface area contributed by atoms with Crippen LogP contribution in [0, 0.1) is 0 Å². The van der Waals surface area contributed by atoms with E-state index >= 15 is 0 Å². The zero-order valence-electron chi connectivity index (χ0n) is 46.8. The SMILES string of the molecule is NC1CCC(N[C@@H]2C[C@H]2c2ccc(-c3cccc(CCC(=O)NCCOCCOCCOCCOCCOCCOCCOCCOCCOCCOCCOCCNC(=O)CCCC[C@@H]4SC[C@@H]5NC(=O)N[C@@H]54)c3)cc2)CC1. The first kappa shape index (κ1) is 64.6. The van der Waals surface area contributed by atoms with Gasteiger partial charge in [-0.1, -0.05) is 55.0 Å².